The van der Waals surface area contributed by atoms with Crippen molar-refractivity contribution in [2.75, 3.05) is 0 Å². The minimum absolute atomic E-state index is 0.101. The van der Waals surface area contributed by atoms with Crippen LogP contribution in [0.25, 0.3) is 12.2 Å². The first-order valence-corrected chi connectivity index (χ1v) is 6.24. The molecule has 0 atom stereocenters. The van der Waals surface area contributed by atoms with Crippen LogP contribution in [0.5, 0.6) is 0 Å². The molecule has 1 aromatic rings. The molecule has 0 aliphatic heterocycles. The topological polar surface area (TPSA) is 45.8 Å². The molecule has 1 aliphatic carbocycles. The number of halogens is 1. The molecule has 3 nitrogen and oxygen atoms in total. The van der Waals surface area contributed by atoms with Crippen molar-refractivity contribution in [2.24, 2.45) is 0 Å². The van der Waals surface area contributed by atoms with Crippen LogP contribution in [0, 0.1) is 0 Å². The second kappa shape index (κ2) is 6.40. The SMILES string of the molecule is CC.CCc1nc2c(c(=O)[nH]1)C=CCC(Cl)=C2. The monoisotopic (exact) mass is 252 g/mol. The maximum atomic E-state index is 11.7. The molecule has 0 amide bonds. The number of aromatic nitrogens is 2. The fourth-order valence-electron chi connectivity index (χ4n) is 1.48. The molecule has 17 heavy (non-hydrogen) atoms. The van der Waals surface area contributed by atoms with E-state index < -0.39 is 0 Å². The highest BCUT2D eigenvalue weighted by molar-refractivity contribution is 6.31. The zero-order valence-electron chi connectivity index (χ0n) is 10.4. The summed E-state index contributed by atoms with van der Waals surface area (Å²) in [6.45, 7) is 5.95. The summed E-state index contributed by atoms with van der Waals surface area (Å²) in [5.41, 5.74) is 1.15. The van der Waals surface area contributed by atoms with E-state index in [-0.39, 0.29) is 5.56 Å². The lowest BCUT2D eigenvalue weighted by atomic mass is 10.2. The number of nitrogens with one attached hydrogen (secondary N) is 1. The molecular weight excluding hydrogens is 236 g/mol. The number of H-pyrrole nitrogens is 1. The zero-order valence-corrected chi connectivity index (χ0v) is 11.1. The Balaban J connectivity index is 0.000000686. The van der Waals surface area contributed by atoms with Gasteiger partial charge in [-0.05, 0) is 6.08 Å². The van der Waals surface area contributed by atoms with E-state index in [1.54, 1.807) is 12.2 Å². The maximum Gasteiger partial charge on any atom is 0.258 e. The van der Waals surface area contributed by atoms with Gasteiger partial charge >= 0.3 is 0 Å². The minimum Gasteiger partial charge on any atom is -0.310 e. The lowest BCUT2D eigenvalue weighted by Gasteiger charge is -2.01. The molecule has 4 heteroatoms. The van der Waals surface area contributed by atoms with E-state index in [4.69, 9.17) is 11.6 Å². The molecule has 0 saturated carbocycles. The van der Waals surface area contributed by atoms with Crippen molar-refractivity contribution in [3.8, 4) is 0 Å². The maximum absolute atomic E-state index is 11.7. The van der Waals surface area contributed by atoms with Gasteiger partial charge in [0.2, 0.25) is 0 Å². The lowest BCUT2D eigenvalue weighted by molar-refractivity contribution is 0.911. The number of allylic oxidation sites excluding steroid dienone is 2. The highest BCUT2D eigenvalue weighted by Gasteiger charge is 2.09. The number of nitrogens with zero attached hydrogens (tertiary/aromatic N) is 1. The van der Waals surface area contributed by atoms with E-state index in [1.165, 1.54) is 0 Å². The van der Waals surface area contributed by atoms with Gasteiger partial charge in [0.25, 0.3) is 5.56 Å². The fourth-order valence-corrected chi connectivity index (χ4v) is 1.68. The first-order chi connectivity index (χ1) is 8.20. The van der Waals surface area contributed by atoms with Crippen molar-refractivity contribution in [1.82, 2.24) is 9.97 Å². The largest absolute Gasteiger partial charge is 0.310 e. The Morgan fingerprint density at radius 2 is 2.18 bits per heavy atom. The van der Waals surface area contributed by atoms with Gasteiger partial charge in [0.05, 0.1) is 11.3 Å². The van der Waals surface area contributed by atoms with E-state index in [9.17, 15) is 4.79 Å². The molecule has 0 radical (unpaired) electrons. The predicted octanol–water partition coefficient (Wildman–Crippen LogP) is 3.36. The average Bonchev–Trinajstić information content (AvgIpc) is 2.52. The fraction of sp³-hybridized carbons (Fsp3) is 0.385. The third-order valence-electron chi connectivity index (χ3n) is 2.26. The van der Waals surface area contributed by atoms with Crippen LogP contribution in [0.1, 0.15) is 44.3 Å². The first kappa shape index (κ1) is 13.7. The highest BCUT2D eigenvalue weighted by atomic mass is 35.5. The smallest absolute Gasteiger partial charge is 0.258 e. The molecule has 92 valence electrons. The van der Waals surface area contributed by atoms with Crippen LogP contribution in [0.4, 0.5) is 0 Å². The Morgan fingerprint density at radius 3 is 2.82 bits per heavy atom. The van der Waals surface area contributed by atoms with Gasteiger partial charge in [-0.25, -0.2) is 4.98 Å². The Bertz CT molecular complexity index is 501. The van der Waals surface area contributed by atoms with Crippen molar-refractivity contribution < 1.29 is 0 Å². The van der Waals surface area contributed by atoms with Gasteiger partial charge in [-0.2, -0.15) is 0 Å². The normalized spacial score (nSPS) is 13.1. The molecule has 0 bridgehead atoms. The van der Waals surface area contributed by atoms with Gasteiger partial charge in [0.1, 0.15) is 5.82 Å². The van der Waals surface area contributed by atoms with Gasteiger partial charge in [0.15, 0.2) is 0 Å². The third kappa shape index (κ3) is 3.30. The molecule has 0 unspecified atom stereocenters. The van der Waals surface area contributed by atoms with Crippen LogP contribution in [0.3, 0.4) is 0 Å². The van der Waals surface area contributed by atoms with Gasteiger partial charge in [-0.1, -0.05) is 44.5 Å². The molecule has 0 aromatic carbocycles. The van der Waals surface area contributed by atoms with Crippen molar-refractivity contribution in [3.63, 3.8) is 0 Å². The Kier molecular flexibility index (Phi) is 5.16. The molecule has 1 heterocycles. The van der Waals surface area contributed by atoms with Crippen LogP contribution >= 0.6 is 11.6 Å². The predicted molar refractivity (Wildman–Crippen MR) is 73.1 cm³/mol. The standard InChI is InChI=1S/C11H11ClN2O.C2H6/c1-2-10-13-9-6-7(12)4-3-5-8(9)11(15)14-10;1-2/h3,5-6H,2,4H2,1H3,(H,13,14,15);1-2H3. The zero-order chi connectivity index (χ0) is 12.8. The number of aryl methyl sites for hydroxylation is 1. The molecule has 2 rings (SSSR count). The number of rotatable bonds is 1. The quantitative estimate of drug-likeness (QED) is 0.833. The van der Waals surface area contributed by atoms with Crippen LogP contribution in [0.2, 0.25) is 0 Å². The van der Waals surface area contributed by atoms with Crippen LogP contribution in [0.15, 0.2) is 15.9 Å². The Morgan fingerprint density at radius 1 is 1.47 bits per heavy atom. The van der Waals surface area contributed by atoms with E-state index in [0.717, 1.165) is 0 Å². The van der Waals surface area contributed by atoms with Crippen molar-refractivity contribution in [2.45, 2.75) is 33.6 Å². The molecule has 0 spiro atoms. The van der Waals surface area contributed by atoms with Crippen molar-refractivity contribution in [3.05, 3.63) is 38.5 Å². The van der Waals surface area contributed by atoms with Gasteiger partial charge in [0, 0.05) is 17.9 Å². The van der Waals surface area contributed by atoms with Gasteiger partial charge < -0.3 is 4.98 Å². The van der Waals surface area contributed by atoms with Crippen LogP contribution in [-0.2, 0) is 6.42 Å². The summed E-state index contributed by atoms with van der Waals surface area (Å²) < 4.78 is 0. The van der Waals surface area contributed by atoms with Gasteiger partial charge in [-0.15, -0.1) is 0 Å². The number of fused-ring (bicyclic) bond motifs is 1. The van der Waals surface area contributed by atoms with E-state index >= 15 is 0 Å². The summed E-state index contributed by atoms with van der Waals surface area (Å²) in [4.78, 5) is 18.8. The van der Waals surface area contributed by atoms with Crippen LogP contribution < -0.4 is 5.56 Å². The summed E-state index contributed by atoms with van der Waals surface area (Å²) in [5, 5.41) is 0.699. The van der Waals surface area contributed by atoms with Crippen molar-refractivity contribution in [1.29, 1.82) is 0 Å². The average molecular weight is 253 g/mol. The molecule has 1 aromatic heterocycles. The van der Waals surface area contributed by atoms with Crippen LogP contribution in [-0.4, -0.2) is 9.97 Å². The minimum atomic E-state index is -0.101. The number of hydrogen-bond acceptors (Lipinski definition) is 2. The lowest BCUT2D eigenvalue weighted by Crippen LogP contribution is -2.15. The van der Waals surface area contributed by atoms with E-state index in [1.807, 2.05) is 26.8 Å². The van der Waals surface area contributed by atoms with Gasteiger partial charge in [-0.3, -0.25) is 4.79 Å². The number of hydrogen-bond donors (Lipinski definition) is 1. The molecule has 1 N–H and O–H groups in total. The summed E-state index contributed by atoms with van der Waals surface area (Å²) in [5.74, 6) is 0.690. The molecule has 0 saturated heterocycles. The Hall–Kier alpha value is -1.35. The summed E-state index contributed by atoms with van der Waals surface area (Å²) >= 11 is 5.95. The second-order valence-electron chi connectivity index (χ2n) is 3.36. The molecular formula is C13H17ClN2O. The number of aromatic amines is 1. The second-order valence-corrected chi connectivity index (χ2v) is 3.85. The van der Waals surface area contributed by atoms with E-state index in [2.05, 4.69) is 9.97 Å². The molecule has 0 fully saturated rings. The summed E-state index contributed by atoms with van der Waals surface area (Å²) in [7, 11) is 0. The third-order valence-corrected chi connectivity index (χ3v) is 2.52. The first-order valence-electron chi connectivity index (χ1n) is 5.86. The summed E-state index contributed by atoms with van der Waals surface area (Å²) in [6.07, 6.45) is 6.75. The molecule has 1 aliphatic rings. The summed E-state index contributed by atoms with van der Waals surface area (Å²) in [6, 6.07) is 0. The van der Waals surface area contributed by atoms with Crippen molar-refractivity contribution >= 4 is 23.8 Å². The Labute approximate surface area is 106 Å². The highest BCUT2D eigenvalue weighted by Crippen LogP contribution is 2.19. The van der Waals surface area contributed by atoms with E-state index in [0.29, 0.717) is 35.0 Å².